The molecule has 0 aliphatic rings. The molecule has 3 nitrogen and oxygen atoms in total. The fraction of sp³-hybridized carbons (Fsp3) is 0.400. The van der Waals surface area contributed by atoms with E-state index in [2.05, 4.69) is 0 Å². The summed E-state index contributed by atoms with van der Waals surface area (Å²) >= 11 is 0. The van der Waals surface area contributed by atoms with E-state index in [1.54, 1.807) is 0 Å². The van der Waals surface area contributed by atoms with Gasteiger partial charge in [0.2, 0.25) is 0 Å². The van der Waals surface area contributed by atoms with Crippen molar-refractivity contribution in [3.05, 3.63) is 23.8 Å². The van der Waals surface area contributed by atoms with E-state index in [1.807, 2.05) is 0 Å². The monoisotopic (exact) mass is 186 g/mol. The van der Waals surface area contributed by atoms with Crippen LogP contribution in [0, 0.1) is 5.92 Å². The van der Waals surface area contributed by atoms with Gasteiger partial charge >= 0.3 is 0 Å². The molecule has 0 unspecified atom stereocenters. The van der Waals surface area contributed by atoms with Gasteiger partial charge in [-0.15, -0.1) is 0 Å². The van der Waals surface area contributed by atoms with Gasteiger partial charge in [0, 0.05) is 12.5 Å². The molecule has 0 aromatic heterocycles. The third-order valence-corrected chi connectivity index (χ3v) is 1.67. The molecule has 1 N–H and O–H groups in total. The summed E-state index contributed by atoms with van der Waals surface area (Å²) in [7, 11) is 0. The maximum atomic E-state index is 10.8. The molecule has 0 spiro atoms. The van der Waals surface area contributed by atoms with Gasteiger partial charge in [-0.25, -0.2) is 0 Å². The molecule has 0 aliphatic heterocycles. The van der Waals surface area contributed by atoms with E-state index in [-0.39, 0.29) is 17.4 Å². The van der Waals surface area contributed by atoms with Crippen LogP contribution in [0.5, 0.6) is 0 Å². The highest BCUT2D eigenvalue weighted by molar-refractivity contribution is 5.81. The van der Waals surface area contributed by atoms with Crippen molar-refractivity contribution in [2.45, 2.75) is 13.3 Å². The standard InChI is InChI=1S/C10H14O3/c1-3-9(7-13)10(4-5-11)8(2)6-12/h3,6-7,10-11H,2,4-5H2,1H3/b9-3-/t10-/m1/s1/i2D2,5D2. The summed E-state index contributed by atoms with van der Waals surface area (Å²) < 4.78 is 28.2. The average molecular weight is 186 g/mol. The normalized spacial score (nSPS) is 18.8. The maximum Gasteiger partial charge on any atom is 0.146 e. The fourth-order valence-corrected chi connectivity index (χ4v) is 0.932. The molecule has 0 aliphatic carbocycles. The van der Waals surface area contributed by atoms with Crippen LogP contribution in [-0.4, -0.2) is 24.2 Å². The van der Waals surface area contributed by atoms with Crippen molar-refractivity contribution >= 4 is 12.6 Å². The molecule has 1 atom stereocenters. The Morgan fingerprint density at radius 3 is 2.69 bits per heavy atom. The van der Waals surface area contributed by atoms with Gasteiger partial charge < -0.3 is 5.11 Å². The highest BCUT2D eigenvalue weighted by Crippen LogP contribution is 2.19. The summed E-state index contributed by atoms with van der Waals surface area (Å²) in [4.78, 5) is 21.5. The Labute approximate surface area is 83.4 Å². The van der Waals surface area contributed by atoms with Gasteiger partial charge in [-0.1, -0.05) is 12.6 Å². The lowest BCUT2D eigenvalue weighted by Crippen LogP contribution is -2.11. The van der Waals surface area contributed by atoms with Crippen LogP contribution in [0.1, 0.15) is 18.8 Å². The summed E-state index contributed by atoms with van der Waals surface area (Å²) in [6.07, 6.45) is 1.46. The van der Waals surface area contributed by atoms with Crippen LogP contribution < -0.4 is 0 Å². The van der Waals surface area contributed by atoms with E-state index in [0.29, 0.717) is 6.29 Å². The van der Waals surface area contributed by atoms with Gasteiger partial charge in [0.15, 0.2) is 0 Å². The zero-order valence-electron chi connectivity index (χ0n) is 11.3. The first-order valence-corrected chi connectivity index (χ1v) is 3.73. The SMILES string of the molecule is [2H]C([2H])=C(C=O)[C@@H](CC([2H])([2H])O)/C(C=O)=C\C. The molecule has 72 valence electrons. The summed E-state index contributed by atoms with van der Waals surface area (Å²) in [6.45, 7) is -1.87. The Morgan fingerprint density at radius 2 is 2.38 bits per heavy atom. The number of rotatable bonds is 6. The molecule has 3 heteroatoms. The number of carbonyl (C=O) groups excluding carboxylic acids is 2. The minimum absolute atomic E-state index is 0.0574. The van der Waals surface area contributed by atoms with Crippen molar-refractivity contribution in [2.24, 2.45) is 5.92 Å². The van der Waals surface area contributed by atoms with Crippen LogP contribution in [0.4, 0.5) is 0 Å². The van der Waals surface area contributed by atoms with E-state index < -0.39 is 25.4 Å². The third-order valence-electron chi connectivity index (χ3n) is 1.67. The largest absolute Gasteiger partial charge is 0.396 e. The van der Waals surface area contributed by atoms with Crippen molar-refractivity contribution in [3.8, 4) is 0 Å². The summed E-state index contributed by atoms with van der Waals surface area (Å²) in [5.41, 5.74) is -0.273. The van der Waals surface area contributed by atoms with E-state index in [4.69, 9.17) is 10.6 Å². The maximum absolute atomic E-state index is 10.8. The minimum atomic E-state index is -2.59. The lowest BCUT2D eigenvalue weighted by molar-refractivity contribution is -0.105. The Kier molecular flexibility index (Phi) is 3.04. The van der Waals surface area contributed by atoms with Crippen LogP contribution in [0.2, 0.25) is 0 Å². The van der Waals surface area contributed by atoms with Gasteiger partial charge in [-0.3, -0.25) is 9.59 Å². The van der Waals surface area contributed by atoms with Crippen molar-refractivity contribution < 1.29 is 20.2 Å². The van der Waals surface area contributed by atoms with Gasteiger partial charge in [0.25, 0.3) is 0 Å². The Balaban J connectivity index is 5.47. The van der Waals surface area contributed by atoms with E-state index in [1.165, 1.54) is 13.0 Å². The smallest absolute Gasteiger partial charge is 0.146 e. The van der Waals surface area contributed by atoms with Crippen molar-refractivity contribution in [1.82, 2.24) is 0 Å². The zero-order valence-corrected chi connectivity index (χ0v) is 7.28. The quantitative estimate of drug-likeness (QED) is 0.495. The number of aldehydes is 2. The molecular weight excluding hydrogens is 168 g/mol. The van der Waals surface area contributed by atoms with Crippen LogP contribution >= 0.6 is 0 Å². The summed E-state index contributed by atoms with van der Waals surface area (Å²) in [6, 6.07) is 0. The second kappa shape index (κ2) is 6.31. The zero-order chi connectivity index (χ0) is 13.6. The van der Waals surface area contributed by atoms with Gasteiger partial charge in [-0.2, -0.15) is 0 Å². The predicted molar refractivity (Wildman–Crippen MR) is 50.2 cm³/mol. The predicted octanol–water partition coefficient (Wildman–Crippen LogP) is 0.885. The molecule has 0 radical (unpaired) electrons. The van der Waals surface area contributed by atoms with Gasteiger partial charge in [0.1, 0.15) is 12.6 Å². The van der Waals surface area contributed by atoms with E-state index >= 15 is 0 Å². The van der Waals surface area contributed by atoms with E-state index in [0.717, 1.165) is 0 Å². The molecular formula is C10H14O3. The highest BCUT2D eigenvalue weighted by Gasteiger charge is 2.15. The molecule has 0 amide bonds. The number of aliphatic hydroxyl groups is 1. The summed E-state index contributed by atoms with van der Waals surface area (Å²) in [5.74, 6) is -1.08. The second-order valence-electron chi connectivity index (χ2n) is 2.39. The number of hydrogen-bond donors (Lipinski definition) is 1. The third kappa shape index (κ3) is 3.34. The molecule has 13 heavy (non-hydrogen) atoms. The van der Waals surface area contributed by atoms with Crippen molar-refractivity contribution in [1.29, 1.82) is 0 Å². The highest BCUT2D eigenvalue weighted by atomic mass is 16.3. The molecule has 0 saturated carbocycles. The number of allylic oxidation sites excluding steroid dienone is 3. The van der Waals surface area contributed by atoms with Crippen LogP contribution in [0.25, 0.3) is 0 Å². The van der Waals surface area contributed by atoms with Crippen molar-refractivity contribution in [3.63, 3.8) is 0 Å². The van der Waals surface area contributed by atoms with Gasteiger partial charge in [-0.05, 0) is 24.5 Å². The second-order valence-corrected chi connectivity index (χ2v) is 2.39. The van der Waals surface area contributed by atoms with Gasteiger partial charge in [0.05, 0.1) is 5.48 Å². The number of hydrogen-bond acceptors (Lipinski definition) is 3. The summed E-state index contributed by atoms with van der Waals surface area (Å²) in [5, 5.41) is 9.08. The molecule has 0 fully saturated rings. The minimum Gasteiger partial charge on any atom is -0.396 e. The molecule has 0 rings (SSSR count). The first-order valence-electron chi connectivity index (χ1n) is 5.73. The fourth-order valence-electron chi connectivity index (χ4n) is 0.932. The molecule has 0 saturated heterocycles. The first kappa shape index (κ1) is 6.27. The lowest BCUT2D eigenvalue weighted by atomic mass is 9.90. The lowest BCUT2D eigenvalue weighted by Gasteiger charge is -2.13. The van der Waals surface area contributed by atoms with E-state index in [9.17, 15) is 9.59 Å². The topological polar surface area (TPSA) is 54.4 Å². The molecule has 0 aromatic rings. The molecule has 0 aromatic carbocycles. The van der Waals surface area contributed by atoms with Crippen LogP contribution in [0.15, 0.2) is 23.8 Å². The van der Waals surface area contributed by atoms with Crippen LogP contribution in [-0.2, 0) is 9.59 Å². The molecule has 0 bridgehead atoms. The molecule has 0 heterocycles. The Morgan fingerprint density at radius 1 is 1.69 bits per heavy atom. The van der Waals surface area contributed by atoms with Crippen molar-refractivity contribution in [2.75, 3.05) is 6.56 Å². The van der Waals surface area contributed by atoms with Crippen LogP contribution in [0.3, 0.4) is 0 Å². The Bertz CT molecular complexity index is 351. The Hall–Kier alpha value is -1.22. The number of carbonyl (C=O) groups is 2. The first-order chi connectivity index (χ1) is 7.76. The average Bonchev–Trinajstić information content (AvgIpc) is 2.17.